The first-order valence-electron chi connectivity index (χ1n) is 5.46. The molecule has 0 spiro atoms. The van der Waals surface area contributed by atoms with Gasteiger partial charge in [0.25, 0.3) is 5.91 Å². The minimum absolute atomic E-state index is 0.257. The number of carbonyl (C=O) groups excluding carboxylic acids is 2. The maximum Gasteiger partial charge on any atom is 0.416 e. The van der Waals surface area contributed by atoms with Crippen LogP contribution < -0.4 is 0 Å². The van der Waals surface area contributed by atoms with E-state index in [1.54, 1.807) is 19.9 Å². The predicted molar refractivity (Wildman–Crippen MR) is 57.1 cm³/mol. The largest absolute Gasteiger partial charge is 0.447 e. The van der Waals surface area contributed by atoms with Crippen LogP contribution >= 0.6 is 0 Å². The Labute approximate surface area is 99.1 Å². The fraction of sp³-hybridized carbons (Fsp3) is 0.636. The smallest absolute Gasteiger partial charge is 0.416 e. The molecule has 0 aliphatic carbocycles. The Balaban J connectivity index is 1.88. The van der Waals surface area contributed by atoms with Crippen LogP contribution in [-0.2, 0) is 19.0 Å². The molecule has 0 saturated carbocycles. The van der Waals surface area contributed by atoms with Crippen molar-refractivity contribution in [2.75, 3.05) is 19.8 Å². The maximum absolute atomic E-state index is 11.6. The number of amides is 2. The molecule has 0 N–H and O–H groups in total. The third-order valence-corrected chi connectivity index (χ3v) is 2.51. The summed E-state index contributed by atoms with van der Waals surface area (Å²) in [5.74, 6) is -1.01. The lowest BCUT2D eigenvalue weighted by molar-refractivity contribution is -0.133. The first-order valence-corrected chi connectivity index (χ1v) is 5.46. The molecule has 2 rings (SSSR count). The molecule has 6 nitrogen and oxygen atoms in total. The minimum Gasteiger partial charge on any atom is -0.447 e. The van der Waals surface area contributed by atoms with Crippen LogP contribution in [0.25, 0.3) is 0 Å². The summed E-state index contributed by atoms with van der Waals surface area (Å²) in [7, 11) is 0. The van der Waals surface area contributed by atoms with Crippen molar-refractivity contribution in [2.45, 2.75) is 25.7 Å². The summed E-state index contributed by atoms with van der Waals surface area (Å²) >= 11 is 0. The molecule has 0 aromatic rings. The van der Waals surface area contributed by atoms with Crippen LogP contribution in [0.1, 0.15) is 13.8 Å². The quantitative estimate of drug-likeness (QED) is 0.665. The zero-order chi connectivity index (χ0) is 12.5. The van der Waals surface area contributed by atoms with E-state index < -0.39 is 11.9 Å². The van der Waals surface area contributed by atoms with E-state index in [4.69, 9.17) is 9.47 Å². The van der Waals surface area contributed by atoms with E-state index in [1.165, 1.54) is 6.08 Å². The Morgan fingerprint density at radius 3 is 2.82 bits per heavy atom. The Morgan fingerprint density at radius 1 is 1.53 bits per heavy atom. The van der Waals surface area contributed by atoms with Gasteiger partial charge < -0.3 is 14.2 Å². The van der Waals surface area contributed by atoms with Crippen molar-refractivity contribution in [3.63, 3.8) is 0 Å². The molecular formula is C11H15NO5. The zero-order valence-electron chi connectivity index (χ0n) is 9.84. The van der Waals surface area contributed by atoms with Gasteiger partial charge in [-0.1, -0.05) is 0 Å². The van der Waals surface area contributed by atoms with Gasteiger partial charge in [0.1, 0.15) is 12.7 Å². The summed E-state index contributed by atoms with van der Waals surface area (Å²) in [6.07, 6.45) is 2.07. The SMILES string of the molecule is CC1(C)OC[C@H](/C=C\C(=O)N2CCOC2=O)O1. The normalized spacial score (nSPS) is 27.8. The van der Waals surface area contributed by atoms with E-state index in [-0.39, 0.29) is 18.6 Å². The highest BCUT2D eigenvalue weighted by atomic mass is 16.7. The lowest BCUT2D eigenvalue weighted by atomic mass is 10.3. The summed E-state index contributed by atoms with van der Waals surface area (Å²) < 4.78 is 15.5. The van der Waals surface area contributed by atoms with Gasteiger partial charge >= 0.3 is 6.09 Å². The maximum atomic E-state index is 11.6. The summed E-state index contributed by atoms with van der Waals surface area (Å²) in [6.45, 7) is 4.58. The van der Waals surface area contributed by atoms with Crippen LogP contribution in [0, 0.1) is 0 Å². The number of ether oxygens (including phenoxy) is 3. The molecular weight excluding hydrogens is 226 g/mol. The van der Waals surface area contributed by atoms with E-state index in [2.05, 4.69) is 4.74 Å². The third-order valence-electron chi connectivity index (χ3n) is 2.51. The van der Waals surface area contributed by atoms with Crippen molar-refractivity contribution < 1.29 is 23.8 Å². The number of cyclic esters (lactones) is 1. The van der Waals surface area contributed by atoms with E-state index in [1.807, 2.05) is 0 Å². The summed E-state index contributed by atoms with van der Waals surface area (Å²) in [4.78, 5) is 23.8. The third kappa shape index (κ3) is 2.83. The van der Waals surface area contributed by atoms with Crippen molar-refractivity contribution in [1.82, 2.24) is 4.90 Å². The highest BCUT2D eigenvalue weighted by Crippen LogP contribution is 2.22. The topological polar surface area (TPSA) is 65.1 Å². The lowest BCUT2D eigenvalue weighted by Crippen LogP contribution is -2.30. The van der Waals surface area contributed by atoms with Gasteiger partial charge in [-0.3, -0.25) is 4.79 Å². The summed E-state index contributed by atoms with van der Waals surface area (Å²) in [6, 6.07) is 0. The molecule has 0 aromatic heterocycles. The Morgan fingerprint density at radius 2 is 2.29 bits per heavy atom. The van der Waals surface area contributed by atoms with Gasteiger partial charge in [-0.2, -0.15) is 0 Å². The second-order valence-corrected chi connectivity index (χ2v) is 4.33. The highest BCUT2D eigenvalue weighted by Gasteiger charge is 2.32. The Bertz CT molecular complexity index is 363. The molecule has 2 saturated heterocycles. The Hall–Kier alpha value is -1.40. The van der Waals surface area contributed by atoms with Crippen LogP contribution in [-0.4, -0.2) is 48.5 Å². The van der Waals surface area contributed by atoms with E-state index in [0.29, 0.717) is 13.2 Å². The van der Waals surface area contributed by atoms with E-state index in [0.717, 1.165) is 4.90 Å². The van der Waals surface area contributed by atoms with Crippen molar-refractivity contribution in [3.05, 3.63) is 12.2 Å². The average molecular weight is 241 g/mol. The van der Waals surface area contributed by atoms with Crippen LogP contribution in [0.5, 0.6) is 0 Å². The molecule has 2 aliphatic rings. The second kappa shape index (κ2) is 4.46. The van der Waals surface area contributed by atoms with Gasteiger partial charge in [0.15, 0.2) is 5.79 Å². The van der Waals surface area contributed by atoms with Crippen LogP contribution in [0.3, 0.4) is 0 Å². The number of nitrogens with zero attached hydrogens (tertiary/aromatic N) is 1. The first-order chi connectivity index (χ1) is 7.98. The first kappa shape index (κ1) is 12.1. The van der Waals surface area contributed by atoms with Gasteiger partial charge in [-0.25, -0.2) is 9.69 Å². The van der Waals surface area contributed by atoms with E-state index >= 15 is 0 Å². The molecule has 0 aromatic carbocycles. The molecule has 1 atom stereocenters. The Kier molecular flexibility index (Phi) is 3.17. The monoisotopic (exact) mass is 241 g/mol. The summed E-state index contributed by atoms with van der Waals surface area (Å²) in [5, 5.41) is 0. The van der Waals surface area contributed by atoms with E-state index in [9.17, 15) is 9.59 Å². The van der Waals surface area contributed by atoms with Crippen LogP contribution in [0.2, 0.25) is 0 Å². The van der Waals surface area contributed by atoms with Crippen LogP contribution in [0.15, 0.2) is 12.2 Å². The number of rotatable bonds is 2. The lowest BCUT2D eigenvalue weighted by Gasteiger charge is -2.15. The number of hydrogen-bond acceptors (Lipinski definition) is 5. The van der Waals surface area contributed by atoms with Gasteiger partial charge in [0, 0.05) is 6.08 Å². The number of hydrogen-bond donors (Lipinski definition) is 0. The van der Waals surface area contributed by atoms with Crippen molar-refractivity contribution in [1.29, 1.82) is 0 Å². The van der Waals surface area contributed by atoms with Gasteiger partial charge in [0.2, 0.25) is 0 Å². The molecule has 0 radical (unpaired) electrons. The standard InChI is InChI=1S/C11H15NO5/c1-11(2)16-7-8(17-11)3-4-9(13)12-5-6-15-10(12)14/h3-4,8H,5-7H2,1-2H3/b4-3-/t8-/m0/s1. The van der Waals surface area contributed by atoms with Crippen molar-refractivity contribution in [3.8, 4) is 0 Å². The van der Waals surface area contributed by atoms with Crippen molar-refractivity contribution >= 4 is 12.0 Å². The number of imide groups is 1. The summed E-state index contributed by atoms with van der Waals surface area (Å²) in [5.41, 5.74) is 0. The molecule has 2 aliphatic heterocycles. The van der Waals surface area contributed by atoms with Gasteiger partial charge in [-0.15, -0.1) is 0 Å². The van der Waals surface area contributed by atoms with Crippen molar-refractivity contribution in [2.24, 2.45) is 0 Å². The van der Waals surface area contributed by atoms with Gasteiger partial charge in [-0.05, 0) is 19.9 Å². The molecule has 6 heteroatoms. The number of carbonyl (C=O) groups is 2. The minimum atomic E-state index is -0.620. The fourth-order valence-corrected chi connectivity index (χ4v) is 1.68. The van der Waals surface area contributed by atoms with Gasteiger partial charge in [0.05, 0.1) is 13.2 Å². The molecule has 2 fully saturated rings. The van der Waals surface area contributed by atoms with Crippen LogP contribution in [0.4, 0.5) is 4.79 Å². The predicted octanol–water partition coefficient (Wildman–Crippen LogP) is 0.673. The molecule has 17 heavy (non-hydrogen) atoms. The molecule has 2 amide bonds. The molecule has 94 valence electrons. The molecule has 0 unspecified atom stereocenters. The highest BCUT2D eigenvalue weighted by molar-refractivity contribution is 5.99. The zero-order valence-corrected chi connectivity index (χ0v) is 9.84. The fourth-order valence-electron chi connectivity index (χ4n) is 1.68. The molecule has 0 bridgehead atoms. The second-order valence-electron chi connectivity index (χ2n) is 4.33. The average Bonchev–Trinajstić information content (AvgIpc) is 2.81. The molecule has 2 heterocycles.